The standard InChI is InChI=1S/C29H50O4Si/c1-11-20-29(21-16-17-24(6)7,33-34(30-13-3,31-14-4)32-15-5)23-22-28(10)26(12-2)18-19-27(28)25(8)9/h12,17-18,25,27H,2,13-16,19,21-23H2,1,3-10H3/t27-,28+,29?/m1/s1. The molecule has 1 unspecified atom stereocenters. The molecule has 34 heavy (non-hydrogen) atoms. The molecule has 0 aromatic rings. The van der Waals surface area contributed by atoms with E-state index in [1.54, 1.807) is 0 Å². The summed E-state index contributed by atoms with van der Waals surface area (Å²) in [6.45, 7) is 24.5. The minimum absolute atomic E-state index is 0.0313. The monoisotopic (exact) mass is 490 g/mol. The maximum atomic E-state index is 6.86. The van der Waals surface area contributed by atoms with E-state index in [1.165, 1.54) is 11.1 Å². The van der Waals surface area contributed by atoms with Gasteiger partial charge in [-0.05, 0) is 96.5 Å². The Morgan fingerprint density at radius 2 is 1.76 bits per heavy atom. The Morgan fingerprint density at radius 1 is 1.18 bits per heavy atom. The van der Waals surface area contributed by atoms with Crippen molar-refractivity contribution >= 4 is 9.05 Å². The van der Waals surface area contributed by atoms with Gasteiger partial charge in [-0.15, -0.1) is 5.92 Å². The van der Waals surface area contributed by atoms with E-state index in [-0.39, 0.29) is 5.41 Å². The lowest BCUT2D eigenvalue weighted by atomic mass is 9.66. The van der Waals surface area contributed by atoms with Crippen molar-refractivity contribution in [3.8, 4) is 11.8 Å². The molecule has 0 heterocycles. The number of allylic oxidation sites excluding steroid dienone is 5. The van der Waals surface area contributed by atoms with E-state index in [0.29, 0.717) is 31.7 Å². The van der Waals surface area contributed by atoms with E-state index < -0.39 is 14.6 Å². The lowest BCUT2D eigenvalue weighted by molar-refractivity contribution is -0.0782. The molecule has 1 rings (SSSR count). The van der Waals surface area contributed by atoms with E-state index in [1.807, 2.05) is 33.8 Å². The molecule has 1 aliphatic carbocycles. The summed E-state index contributed by atoms with van der Waals surface area (Å²) in [5.74, 6) is 7.79. The zero-order valence-corrected chi connectivity index (χ0v) is 24.4. The van der Waals surface area contributed by atoms with Crippen LogP contribution in [0.25, 0.3) is 0 Å². The van der Waals surface area contributed by atoms with Gasteiger partial charge in [0.05, 0.1) is 0 Å². The van der Waals surface area contributed by atoms with Gasteiger partial charge in [0.1, 0.15) is 5.60 Å². The molecule has 0 saturated carbocycles. The van der Waals surface area contributed by atoms with Crippen molar-refractivity contribution in [2.45, 2.75) is 100 Å². The minimum Gasteiger partial charge on any atom is -0.351 e. The third kappa shape index (κ3) is 8.21. The van der Waals surface area contributed by atoms with E-state index in [0.717, 1.165) is 32.1 Å². The summed E-state index contributed by atoms with van der Waals surface area (Å²) in [4.78, 5) is 0. The molecule has 0 spiro atoms. The van der Waals surface area contributed by atoms with Crippen molar-refractivity contribution in [2.75, 3.05) is 19.8 Å². The molecule has 0 fully saturated rings. The Labute approximate surface area is 211 Å². The van der Waals surface area contributed by atoms with Gasteiger partial charge in [-0.1, -0.05) is 57.1 Å². The minimum atomic E-state index is -3.37. The van der Waals surface area contributed by atoms with Crippen LogP contribution >= 0.6 is 0 Å². The van der Waals surface area contributed by atoms with Gasteiger partial charge in [-0.3, -0.25) is 0 Å². The van der Waals surface area contributed by atoms with E-state index in [2.05, 4.69) is 65.2 Å². The van der Waals surface area contributed by atoms with E-state index in [9.17, 15) is 0 Å². The molecule has 194 valence electrons. The predicted molar refractivity (Wildman–Crippen MR) is 145 cm³/mol. The fourth-order valence-electron chi connectivity index (χ4n) is 5.26. The molecule has 0 aromatic carbocycles. The normalized spacial score (nSPS) is 22.1. The summed E-state index contributed by atoms with van der Waals surface area (Å²) in [5, 5.41) is 0. The summed E-state index contributed by atoms with van der Waals surface area (Å²) in [5.41, 5.74) is 1.95. The largest absolute Gasteiger partial charge is 0.680 e. The highest BCUT2D eigenvalue weighted by Gasteiger charge is 2.52. The molecular formula is C29H50O4Si. The van der Waals surface area contributed by atoms with Crippen LogP contribution in [-0.4, -0.2) is 34.5 Å². The molecule has 0 saturated heterocycles. The number of hydrogen-bond donors (Lipinski definition) is 0. The molecule has 4 nitrogen and oxygen atoms in total. The summed E-state index contributed by atoms with van der Waals surface area (Å²) < 4.78 is 25.2. The Bertz CT molecular complexity index is 739. The van der Waals surface area contributed by atoms with Crippen molar-refractivity contribution in [3.05, 3.63) is 36.0 Å². The van der Waals surface area contributed by atoms with Gasteiger partial charge >= 0.3 is 9.05 Å². The van der Waals surface area contributed by atoms with Crippen LogP contribution in [0.1, 0.15) is 94.4 Å². The molecular weight excluding hydrogens is 440 g/mol. The first kappa shape index (κ1) is 30.9. The first-order valence-electron chi connectivity index (χ1n) is 13.1. The topological polar surface area (TPSA) is 36.9 Å². The molecule has 0 bridgehead atoms. The van der Waals surface area contributed by atoms with Crippen LogP contribution in [-0.2, 0) is 17.7 Å². The first-order chi connectivity index (χ1) is 16.1. The molecule has 0 aromatic heterocycles. The van der Waals surface area contributed by atoms with E-state index in [4.69, 9.17) is 17.7 Å². The van der Waals surface area contributed by atoms with Gasteiger partial charge in [0.25, 0.3) is 0 Å². The highest BCUT2D eigenvalue weighted by atomic mass is 28.4. The SMILES string of the molecule is C=CC1=CC[C@H](C(C)C)[C@@]1(C)CCC(C#CC)(CCC=C(C)C)O[Si](OCC)(OCC)OCC. The van der Waals surface area contributed by atoms with Gasteiger partial charge < -0.3 is 17.7 Å². The van der Waals surface area contributed by atoms with E-state index >= 15 is 0 Å². The molecule has 5 heteroatoms. The predicted octanol–water partition coefficient (Wildman–Crippen LogP) is 7.63. The third-order valence-corrected chi connectivity index (χ3v) is 9.45. The van der Waals surface area contributed by atoms with Crippen molar-refractivity contribution < 1.29 is 17.7 Å². The fraction of sp³-hybridized carbons (Fsp3) is 0.724. The third-order valence-electron chi connectivity index (χ3n) is 6.88. The zero-order chi connectivity index (χ0) is 25.8. The zero-order valence-electron chi connectivity index (χ0n) is 23.4. The molecule has 0 radical (unpaired) electrons. The number of rotatable bonds is 16. The van der Waals surface area contributed by atoms with Crippen LogP contribution in [0.5, 0.6) is 0 Å². The summed E-state index contributed by atoms with van der Waals surface area (Å²) in [6, 6.07) is 0. The second-order valence-electron chi connectivity index (χ2n) is 9.96. The van der Waals surface area contributed by atoms with Gasteiger partial charge in [0, 0.05) is 19.8 Å². The van der Waals surface area contributed by atoms with Crippen molar-refractivity contribution in [1.29, 1.82) is 0 Å². The van der Waals surface area contributed by atoms with Crippen LogP contribution in [0.3, 0.4) is 0 Å². The lowest BCUT2D eigenvalue weighted by Gasteiger charge is -2.41. The van der Waals surface area contributed by atoms with Gasteiger partial charge in [-0.2, -0.15) is 0 Å². The second-order valence-corrected chi connectivity index (χ2v) is 12.0. The lowest BCUT2D eigenvalue weighted by Crippen LogP contribution is -2.55. The Balaban J connectivity index is 3.44. The maximum Gasteiger partial charge on any atom is 0.680 e. The van der Waals surface area contributed by atoms with Crippen LogP contribution in [0, 0.1) is 29.1 Å². The van der Waals surface area contributed by atoms with Crippen LogP contribution in [0.4, 0.5) is 0 Å². The smallest absolute Gasteiger partial charge is 0.351 e. The van der Waals surface area contributed by atoms with Crippen molar-refractivity contribution in [1.82, 2.24) is 0 Å². The average molecular weight is 491 g/mol. The highest BCUT2D eigenvalue weighted by molar-refractivity contribution is 6.53. The molecule has 0 N–H and O–H groups in total. The van der Waals surface area contributed by atoms with Crippen LogP contribution in [0.2, 0.25) is 0 Å². The molecule has 3 atom stereocenters. The molecule has 1 aliphatic rings. The average Bonchev–Trinajstić information content (AvgIpc) is 3.09. The Kier molecular flexibility index (Phi) is 13.1. The van der Waals surface area contributed by atoms with Gasteiger partial charge in [0.15, 0.2) is 0 Å². The highest BCUT2D eigenvalue weighted by Crippen LogP contribution is 2.52. The van der Waals surface area contributed by atoms with Gasteiger partial charge in [-0.25, -0.2) is 0 Å². The molecule has 0 amide bonds. The summed E-state index contributed by atoms with van der Waals surface area (Å²) >= 11 is 0. The summed E-state index contributed by atoms with van der Waals surface area (Å²) in [6.07, 6.45) is 11.1. The Morgan fingerprint density at radius 3 is 2.21 bits per heavy atom. The second kappa shape index (κ2) is 14.4. The van der Waals surface area contributed by atoms with Crippen LogP contribution in [0.15, 0.2) is 36.0 Å². The Hall–Kier alpha value is -1.16. The van der Waals surface area contributed by atoms with Crippen molar-refractivity contribution in [2.24, 2.45) is 17.3 Å². The maximum absolute atomic E-state index is 6.86. The van der Waals surface area contributed by atoms with Crippen LogP contribution < -0.4 is 0 Å². The number of hydrogen-bond acceptors (Lipinski definition) is 4. The fourth-order valence-corrected chi connectivity index (χ4v) is 7.48. The first-order valence-corrected chi connectivity index (χ1v) is 14.7. The quantitative estimate of drug-likeness (QED) is 0.127. The molecule has 0 aliphatic heterocycles. The van der Waals surface area contributed by atoms with Gasteiger partial charge in [0.2, 0.25) is 0 Å². The summed E-state index contributed by atoms with van der Waals surface area (Å²) in [7, 11) is -3.37. The van der Waals surface area contributed by atoms with Crippen molar-refractivity contribution in [3.63, 3.8) is 0 Å².